The van der Waals surface area contributed by atoms with Crippen molar-refractivity contribution in [2.45, 2.75) is 63.7 Å². The first-order chi connectivity index (χ1) is 27.6. The largest absolute Gasteiger partial charge is 0.494 e. The van der Waals surface area contributed by atoms with Gasteiger partial charge in [0, 0.05) is 24.8 Å². The van der Waals surface area contributed by atoms with Gasteiger partial charge in [-0.15, -0.1) is 10.2 Å². The van der Waals surface area contributed by atoms with Crippen LogP contribution in [0.2, 0.25) is 0 Å². The molecule has 17 heteroatoms. The molecule has 0 aliphatic carbocycles. The van der Waals surface area contributed by atoms with Gasteiger partial charge in [-0.25, -0.2) is 14.4 Å². The fourth-order valence-electron chi connectivity index (χ4n) is 7.36. The van der Waals surface area contributed by atoms with Gasteiger partial charge in [0.2, 0.25) is 5.91 Å². The van der Waals surface area contributed by atoms with Crippen LogP contribution in [-0.2, 0) is 29.6 Å². The summed E-state index contributed by atoms with van der Waals surface area (Å²) in [4.78, 5) is 41.2. The van der Waals surface area contributed by atoms with Crippen LogP contribution in [0.15, 0.2) is 100 Å². The van der Waals surface area contributed by atoms with E-state index in [-0.39, 0.29) is 40.4 Å². The van der Waals surface area contributed by atoms with Crippen LogP contribution in [0.4, 0.5) is 30.7 Å². The zero-order chi connectivity index (χ0) is 41.4. The van der Waals surface area contributed by atoms with Crippen molar-refractivity contribution in [3.8, 4) is 11.4 Å². The van der Waals surface area contributed by atoms with Gasteiger partial charge in [-0.2, -0.15) is 26.3 Å². The third-order valence-electron chi connectivity index (χ3n) is 10.5. The maximum absolute atomic E-state index is 14.3. The van der Waals surface area contributed by atoms with Crippen molar-refractivity contribution in [1.29, 1.82) is 0 Å². The highest BCUT2D eigenvalue weighted by Crippen LogP contribution is 2.52. The average Bonchev–Trinajstić information content (AvgIpc) is 4.02. The number of benzene rings is 3. The van der Waals surface area contributed by atoms with E-state index in [1.807, 2.05) is 6.92 Å². The number of likely N-dealkylation sites (tertiary alicyclic amines) is 1. The molecule has 0 radical (unpaired) electrons. The molecule has 0 saturated carbocycles. The molecule has 2 aromatic heterocycles. The number of pyridine rings is 1. The van der Waals surface area contributed by atoms with Crippen LogP contribution in [0.3, 0.4) is 0 Å². The minimum absolute atomic E-state index is 0.0426. The van der Waals surface area contributed by atoms with Crippen molar-refractivity contribution in [2.75, 3.05) is 26.2 Å². The van der Waals surface area contributed by atoms with E-state index in [9.17, 15) is 40.3 Å². The zero-order valence-corrected chi connectivity index (χ0v) is 31.4. The molecule has 7 rings (SSSR count). The van der Waals surface area contributed by atoms with Gasteiger partial charge in [0.15, 0.2) is 5.65 Å². The average molecular weight is 810 g/mol. The highest BCUT2D eigenvalue weighted by atomic mass is 19.4. The monoisotopic (exact) mass is 809 g/mol. The molecule has 1 fully saturated rings. The second-order valence-corrected chi connectivity index (χ2v) is 14.4. The Morgan fingerprint density at radius 3 is 2.24 bits per heavy atom. The summed E-state index contributed by atoms with van der Waals surface area (Å²) in [7, 11) is 0. The summed E-state index contributed by atoms with van der Waals surface area (Å²) in [6.07, 6.45) is -7.39. The summed E-state index contributed by atoms with van der Waals surface area (Å²) < 4.78 is 103. The molecule has 58 heavy (non-hydrogen) atoms. The van der Waals surface area contributed by atoms with Crippen molar-refractivity contribution in [2.24, 2.45) is 16.1 Å². The molecule has 0 bridgehead atoms. The van der Waals surface area contributed by atoms with E-state index >= 15 is 0 Å². The lowest BCUT2D eigenvalue weighted by molar-refractivity contribution is -0.166. The van der Waals surface area contributed by atoms with E-state index in [1.165, 1.54) is 27.8 Å². The smallest absolute Gasteiger partial charge is 0.442 e. The normalized spacial score (nSPS) is 16.4. The summed E-state index contributed by atoms with van der Waals surface area (Å²) in [6.45, 7) is 5.74. The molecule has 0 N–H and O–H groups in total. The van der Waals surface area contributed by atoms with Gasteiger partial charge >= 0.3 is 18.0 Å². The van der Waals surface area contributed by atoms with Crippen LogP contribution >= 0.6 is 0 Å². The SMILES string of the molecule is CCOc1ccc(-n2c(C(C)N(CC3CCN(Cc4ccc(C5(C(F)(F)F)N=N5)cc4)CC3)C(=O)Cc3ccc(F)c(C(F)(F)F)c3)nc3ncccc3c2=O)cc1. The number of ether oxygens (including phenoxy) is 1. The molecule has 10 nitrogen and oxygen atoms in total. The molecule has 1 unspecified atom stereocenters. The van der Waals surface area contributed by atoms with Crippen molar-refractivity contribution < 1.29 is 40.3 Å². The predicted octanol–water partition coefficient (Wildman–Crippen LogP) is 8.56. The van der Waals surface area contributed by atoms with Crippen LogP contribution < -0.4 is 10.3 Å². The topological polar surface area (TPSA) is 105 Å². The molecule has 2 aliphatic rings. The molecular formula is C41H38F7N7O3. The van der Waals surface area contributed by atoms with Crippen LogP contribution in [0.25, 0.3) is 16.7 Å². The Bertz CT molecular complexity index is 2370. The number of hydrogen-bond acceptors (Lipinski definition) is 8. The molecule has 1 amide bonds. The minimum Gasteiger partial charge on any atom is -0.494 e. The molecule has 1 atom stereocenters. The number of halogens is 7. The Balaban J connectivity index is 1.16. The van der Waals surface area contributed by atoms with Gasteiger partial charge in [-0.1, -0.05) is 30.3 Å². The van der Waals surface area contributed by atoms with E-state index in [2.05, 4.69) is 20.1 Å². The van der Waals surface area contributed by atoms with Crippen molar-refractivity contribution in [1.82, 2.24) is 24.3 Å². The molecule has 1 saturated heterocycles. The Labute approximate surface area is 328 Å². The van der Waals surface area contributed by atoms with Crippen molar-refractivity contribution in [3.63, 3.8) is 0 Å². The molecular weight excluding hydrogens is 771 g/mol. The maximum Gasteiger partial charge on any atom is 0.442 e. The first kappa shape index (κ1) is 40.5. The van der Waals surface area contributed by atoms with Crippen molar-refractivity contribution >= 4 is 16.9 Å². The van der Waals surface area contributed by atoms with E-state index < -0.39 is 53.3 Å². The Hall–Kier alpha value is -5.71. The number of fused-ring (bicyclic) bond motifs is 1. The number of piperidine rings is 1. The molecule has 2 aliphatic heterocycles. The third-order valence-corrected chi connectivity index (χ3v) is 10.5. The van der Waals surface area contributed by atoms with Crippen LogP contribution in [0.1, 0.15) is 60.8 Å². The van der Waals surface area contributed by atoms with Crippen LogP contribution in [-0.4, -0.2) is 62.7 Å². The molecule has 4 heterocycles. The summed E-state index contributed by atoms with van der Waals surface area (Å²) in [5.74, 6) is -1.36. The van der Waals surface area contributed by atoms with Gasteiger partial charge in [0.05, 0.1) is 35.7 Å². The van der Waals surface area contributed by atoms with Gasteiger partial charge in [-0.05, 0) is 105 Å². The van der Waals surface area contributed by atoms with Gasteiger partial charge in [0.1, 0.15) is 17.4 Å². The second kappa shape index (κ2) is 15.9. The summed E-state index contributed by atoms with van der Waals surface area (Å²) in [6, 6.07) is 17.5. The number of carbonyl (C=O) groups excluding carboxylic acids is 1. The predicted molar refractivity (Wildman–Crippen MR) is 199 cm³/mol. The highest BCUT2D eigenvalue weighted by molar-refractivity contribution is 5.79. The molecule has 0 spiro atoms. The lowest BCUT2D eigenvalue weighted by Crippen LogP contribution is -2.43. The molecule has 3 aromatic carbocycles. The first-order valence-corrected chi connectivity index (χ1v) is 18.7. The number of rotatable bonds is 12. The lowest BCUT2D eigenvalue weighted by Gasteiger charge is -2.37. The third kappa shape index (κ3) is 8.31. The van der Waals surface area contributed by atoms with E-state index in [1.54, 1.807) is 55.5 Å². The summed E-state index contributed by atoms with van der Waals surface area (Å²) >= 11 is 0. The minimum atomic E-state index is -4.98. The van der Waals surface area contributed by atoms with Gasteiger partial charge in [-0.3, -0.25) is 19.1 Å². The first-order valence-electron chi connectivity index (χ1n) is 18.7. The maximum atomic E-state index is 14.3. The lowest BCUT2D eigenvalue weighted by atomic mass is 9.94. The number of alkyl halides is 6. The van der Waals surface area contributed by atoms with E-state index in [4.69, 9.17) is 9.72 Å². The van der Waals surface area contributed by atoms with Crippen molar-refractivity contribution in [3.05, 3.63) is 129 Å². The summed E-state index contributed by atoms with van der Waals surface area (Å²) in [5.41, 5.74) is -3.14. The van der Waals surface area contributed by atoms with E-state index in [0.717, 1.165) is 11.6 Å². The van der Waals surface area contributed by atoms with Gasteiger partial charge < -0.3 is 9.64 Å². The number of hydrogen-bond donors (Lipinski definition) is 0. The zero-order valence-electron chi connectivity index (χ0n) is 31.4. The summed E-state index contributed by atoms with van der Waals surface area (Å²) in [5, 5.41) is 6.75. The van der Waals surface area contributed by atoms with Gasteiger partial charge in [0.25, 0.3) is 5.56 Å². The molecule has 5 aromatic rings. The molecule has 304 valence electrons. The Morgan fingerprint density at radius 2 is 1.62 bits per heavy atom. The Kier molecular flexibility index (Phi) is 11.1. The fourth-order valence-corrected chi connectivity index (χ4v) is 7.36. The number of carbonyl (C=O) groups is 1. The standard InChI is InChI=1S/C41H38F7N7O3/c1-3-58-31-13-11-30(12-14-31)55-37(50-36-32(38(55)57)5-4-18-49-36)25(2)54(35(56)22-28-8-15-34(42)33(21-28)40(43,44)45)24-27-16-19-53(20-17-27)23-26-6-9-29(10-7-26)39(51-52-39)41(46,47)48/h4-15,18,21,25,27H,3,16-17,19-20,22-24H2,1-2H3. The second-order valence-electron chi connectivity index (χ2n) is 14.4. The fraction of sp³-hybridized carbons (Fsp3) is 0.366. The van der Waals surface area contributed by atoms with E-state index in [0.29, 0.717) is 62.7 Å². The Morgan fingerprint density at radius 1 is 0.948 bits per heavy atom. The number of aromatic nitrogens is 3. The number of nitrogens with zero attached hydrogens (tertiary/aromatic N) is 7. The highest BCUT2D eigenvalue weighted by Gasteiger charge is 2.65. The van der Waals surface area contributed by atoms with Crippen LogP contribution in [0.5, 0.6) is 5.75 Å². The van der Waals surface area contributed by atoms with Crippen LogP contribution in [0, 0.1) is 11.7 Å². The quantitative estimate of drug-likeness (QED) is 0.117. The number of amides is 1.